The molecule has 2 atom stereocenters. The number of rotatable bonds is 9. The number of carboxylic acids is 1. The highest BCUT2D eigenvalue weighted by Gasteiger charge is 2.37. The lowest BCUT2D eigenvalue weighted by atomic mass is 10.0. The lowest BCUT2D eigenvalue weighted by Crippen LogP contribution is -2.36. The number of aliphatic carboxylic acids is 1. The van der Waals surface area contributed by atoms with Crippen LogP contribution in [0.15, 0.2) is 73.1 Å². The molecule has 0 spiro atoms. The Hall–Kier alpha value is -4.44. The minimum Gasteiger partial charge on any atom is -0.481 e. The molecule has 10 nitrogen and oxygen atoms in total. The highest BCUT2D eigenvalue weighted by atomic mass is 35.5. The summed E-state index contributed by atoms with van der Waals surface area (Å²) in [5.74, 6) is -2.54. The highest BCUT2D eigenvalue weighted by molar-refractivity contribution is 6.34. The Kier molecular flexibility index (Phi) is 8.55. The Bertz CT molecular complexity index is 1320. The molecule has 11 heteroatoms. The largest absolute Gasteiger partial charge is 0.481 e. The van der Waals surface area contributed by atoms with Crippen LogP contribution in [0.4, 0.5) is 16.2 Å². The molecule has 0 bridgehead atoms. The fraction of sp³-hybridized carbons (Fsp3) is 0.222. The van der Waals surface area contributed by atoms with Crippen LogP contribution in [0.25, 0.3) is 0 Å². The normalized spacial score (nSPS) is 15.6. The van der Waals surface area contributed by atoms with E-state index in [1.165, 1.54) is 11.1 Å². The number of anilines is 2. The van der Waals surface area contributed by atoms with Crippen molar-refractivity contribution in [2.24, 2.45) is 5.92 Å². The smallest absolute Gasteiger partial charge is 0.319 e. The zero-order valence-electron chi connectivity index (χ0n) is 20.3. The van der Waals surface area contributed by atoms with E-state index >= 15 is 0 Å². The average Bonchev–Trinajstić information content (AvgIpc) is 3.30. The number of carbonyl (C=O) groups is 4. The van der Waals surface area contributed by atoms with Crippen molar-refractivity contribution in [2.45, 2.75) is 25.4 Å². The number of halogens is 1. The summed E-state index contributed by atoms with van der Waals surface area (Å²) in [6, 6.07) is 16.3. The number of carbonyl (C=O) groups excluding carboxylic acids is 3. The molecule has 0 radical (unpaired) electrons. The van der Waals surface area contributed by atoms with Gasteiger partial charge < -0.3 is 26.0 Å². The van der Waals surface area contributed by atoms with Gasteiger partial charge in [-0.2, -0.15) is 0 Å². The van der Waals surface area contributed by atoms with E-state index in [0.717, 1.165) is 5.56 Å². The first kappa shape index (κ1) is 26.6. The summed E-state index contributed by atoms with van der Waals surface area (Å²) in [7, 11) is 0. The van der Waals surface area contributed by atoms with Crippen molar-refractivity contribution in [3.63, 3.8) is 0 Å². The van der Waals surface area contributed by atoms with E-state index in [2.05, 4.69) is 20.9 Å². The molecule has 0 aliphatic carbocycles. The number of nitrogens with zero attached hydrogens (tertiary/aromatic N) is 2. The van der Waals surface area contributed by atoms with Crippen molar-refractivity contribution in [2.75, 3.05) is 16.8 Å². The van der Waals surface area contributed by atoms with E-state index in [0.29, 0.717) is 23.5 Å². The molecule has 196 valence electrons. The molecule has 2 unspecified atom stereocenters. The van der Waals surface area contributed by atoms with E-state index in [9.17, 15) is 24.3 Å². The van der Waals surface area contributed by atoms with Crippen LogP contribution in [0, 0.1) is 5.92 Å². The third-order valence-corrected chi connectivity index (χ3v) is 6.39. The van der Waals surface area contributed by atoms with E-state index < -0.39 is 29.9 Å². The predicted molar refractivity (Wildman–Crippen MR) is 142 cm³/mol. The molecule has 4 amide bonds. The molecule has 1 fully saturated rings. The van der Waals surface area contributed by atoms with Crippen LogP contribution in [-0.4, -0.2) is 40.5 Å². The topological polar surface area (TPSA) is 141 Å². The molecule has 0 saturated carbocycles. The quantitative estimate of drug-likeness (QED) is 0.329. The maximum atomic E-state index is 13.0. The molecule has 1 saturated heterocycles. The van der Waals surface area contributed by atoms with Crippen LogP contribution in [0.5, 0.6) is 0 Å². The number of benzene rings is 2. The van der Waals surface area contributed by atoms with Gasteiger partial charge in [0.05, 0.1) is 29.1 Å². The first-order chi connectivity index (χ1) is 18.3. The van der Waals surface area contributed by atoms with Gasteiger partial charge in [0.2, 0.25) is 11.8 Å². The second-order valence-corrected chi connectivity index (χ2v) is 9.22. The zero-order valence-corrected chi connectivity index (χ0v) is 21.0. The van der Waals surface area contributed by atoms with Gasteiger partial charge in [-0.25, -0.2) is 4.79 Å². The Balaban J connectivity index is 1.41. The standard InChI is InChI=1S/C27H26ClN5O5/c28-21-9-8-20(31-27(38)30-14-17-5-2-1-3-6-17)12-23(21)33-16-19(11-24(33)34)26(37)32-22(13-25(35)36)18-7-4-10-29-15-18/h1-10,12,15,19,22H,11,13-14,16H2,(H,32,37)(H,35,36)(H2,30,31,38). The van der Waals surface area contributed by atoms with Crippen LogP contribution < -0.4 is 20.9 Å². The van der Waals surface area contributed by atoms with Gasteiger partial charge in [0, 0.05) is 37.6 Å². The molecular formula is C27H26ClN5O5. The van der Waals surface area contributed by atoms with Gasteiger partial charge in [-0.3, -0.25) is 19.4 Å². The Morgan fingerprint density at radius 3 is 2.61 bits per heavy atom. The monoisotopic (exact) mass is 535 g/mol. The molecule has 1 aliphatic rings. The van der Waals surface area contributed by atoms with Crippen LogP contribution >= 0.6 is 11.6 Å². The summed E-state index contributed by atoms with van der Waals surface area (Å²) < 4.78 is 0. The van der Waals surface area contributed by atoms with E-state index in [-0.39, 0.29) is 30.3 Å². The number of amides is 4. The van der Waals surface area contributed by atoms with Crippen molar-refractivity contribution >= 4 is 46.8 Å². The molecular weight excluding hydrogens is 510 g/mol. The number of hydrogen-bond acceptors (Lipinski definition) is 5. The van der Waals surface area contributed by atoms with Crippen LogP contribution in [0.1, 0.15) is 30.0 Å². The van der Waals surface area contributed by atoms with Gasteiger partial charge in [0.1, 0.15) is 0 Å². The molecule has 4 rings (SSSR count). The van der Waals surface area contributed by atoms with Crippen molar-refractivity contribution in [1.82, 2.24) is 15.6 Å². The molecule has 1 aliphatic heterocycles. The van der Waals surface area contributed by atoms with Gasteiger partial charge in [-0.1, -0.05) is 48.0 Å². The number of pyridine rings is 1. The van der Waals surface area contributed by atoms with Crippen molar-refractivity contribution in [3.05, 3.63) is 89.2 Å². The molecule has 3 aromatic rings. The van der Waals surface area contributed by atoms with E-state index in [1.807, 2.05) is 30.3 Å². The van der Waals surface area contributed by atoms with Gasteiger partial charge in [-0.15, -0.1) is 0 Å². The fourth-order valence-electron chi connectivity index (χ4n) is 4.17. The Labute approximate surface area is 224 Å². The summed E-state index contributed by atoms with van der Waals surface area (Å²) in [5.41, 5.74) is 2.29. The van der Waals surface area contributed by atoms with Crippen molar-refractivity contribution < 1.29 is 24.3 Å². The second-order valence-electron chi connectivity index (χ2n) is 8.81. The number of nitrogens with one attached hydrogen (secondary N) is 3. The average molecular weight is 536 g/mol. The summed E-state index contributed by atoms with van der Waals surface area (Å²) in [6.45, 7) is 0.400. The van der Waals surface area contributed by atoms with Crippen molar-refractivity contribution in [1.29, 1.82) is 0 Å². The molecule has 1 aromatic heterocycles. The Morgan fingerprint density at radius 1 is 1.11 bits per heavy atom. The summed E-state index contributed by atoms with van der Waals surface area (Å²) in [5, 5.41) is 17.8. The molecule has 38 heavy (non-hydrogen) atoms. The van der Waals surface area contributed by atoms with E-state index in [1.54, 1.807) is 36.5 Å². The lowest BCUT2D eigenvalue weighted by Gasteiger charge is -2.21. The summed E-state index contributed by atoms with van der Waals surface area (Å²) in [4.78, 5) is 55.0. The molecule has 2 aromatic carbocycles. The van der Waals surface area contributed by atoms with Gasteiger partial charge in [0.15, 0.2) is 0 Å². The second kappa shape index (κ2) is 12.2. The molecule has 4 N–H and O–H groups in total. The van der Waals surface area contributed by atoms with Gasteiger partial charge >= 0.3 is 12.0 Å². The maximum absolute atomic E-state index is 13.0. The van der Waals surface area contributed by atoms with Crippen LogP contribution in [0.2, 0.25) is 5.02 Å². The van der Waals surface area contributed by atoms with Crippen LogP contribution in [-0.2, 0) is 20.9 Å². The summed E-state index contributed by atoms with van der Waals surface area (Å²) in [6.07, 6.45) is 2.66. The van der Waals surface area contributed by atoms with E-state index in [4.69, 9.17) is 11.6 Å². The third-order valence-electron chi connectivity index (χ3n) is 6.07. The Morgan fingerprint density at radius 2 is 1.89 bits per heavy atom. The van der Waals surface area contributed by atoms with Crippen LogP contribution in [0.3, 0.4) is 0 Å². The fourth-order valence-corrected chi connectivity index (χ4v) is 4.38. The van der Waals surface area contributed by atoms with Crippen molar-refractivity contribution in [3.8, 4) is 0 Å². The minimum atomic E-state index is -1.08. The first-order valence-electron chi connectivity index (χ1n) is 11.9. The minimum absolute atomic E-state index is 0.0564. The van der Waals surface area contributed by atoms with Gasteiger partial charge in [-0.05, 0) is 35.4 Å². The zero-order chi connectivity index (χ0) is 27.1. The number of urea groups is 1. The maximum Gasteiger partial charge on any atom is 0.319 e. The number of carboxylic acid groups (broad SMARTS) is 1. The molecule has 2 heterocycles. The first-order valence-corrected chi connectivity index (χ1v) is 12.3. The SMILES string of the molecule is O=C(O)CC(NC(=O)C1CC(=O)N(c2cc(NC(=O)NCc3ccccc3)ccc2Cl)C1)c1cccnc1. The van der Waals surface area contributed by atoms with Gasteiger partial charge in [0.25, 0.3) is 0 Å². The predicted octanol–water partition coefficient (Wildman–Crippen LogP) is 3.74. The number of aromatic nitrogens is 1. The number of hydrogen-bond donors (Lipinski definition) is 4. The third kappa shape index (κ3) is 6.86. The highest BCUT2D eigenvalue weighted by Crippen LogP contribution is 2.34. The lowest BCUT2D eigenvalue weighted by molar-refractivity contribution is -0.138. The summed E-state index contributed by atoms with van der Waals surface area (Å²) >= 11 is 6.37.